The van der Waals surface area contributed by atoms with Crippen LogP contribution in [0.3, 0.4) is 0 Å². The Bertz CT molecular complexity index is 1430. The minimum absolute atomic E-state index is 0.0775. The van der Waals surface area contributed by atoms with E-state index < -0.39 is 0 Å². The molecule has 1 aliphatic heterocycles. The van der Waals surface area contributed by atoms with E-state index in [1.54, 1.807) is 11.3 Å². The van der Waals surface area contributed by atoms with Gasteiger partial charge in [0.25, 0.3) is 5.91 Å². The van der Waals surface area contributed by atoms with Gasteiger partial charge in [0.1, 0.15) is 0 Å². The number of thiazole rings is 1. The average Bonchev–Trinajstić information content (AvgIpc) is 3.56. The number of hydrogen-bond donors (Lipinski definition) is 2. The number of nitrogens with one attached hydrogen (secondary N) is 1. The third-order valence-corrected chi connectivity index (χ3v) is 7.58. The summed E-state index contributed by atoms with van der Waals surface area (Å²) in [4.78, 5) is 21.2. The summed E-state index contributed by atoms with van der Waals surface area (Å²) in [7, 11) is 0. The molecule has 7 heteroatoms. The maximum Gasteiger partial charge on any atom is 0.251 e. The number of imidazole rings is 1. The molecule has 1 saturated heterocycles. The van der Waals surface area contributed by atoms with Crippen LogP contribution in [0.1, 0.15) is 34.6 Å². The minimum Gasteiger partial charge on any atom is -0.392 e. The van der Waals surface area contributed by atoms with E-state index in [1.165, 1.54) is 5.69 Å². The molecule has 3 heterocycles. The maximum atomic E-state index is 13.1. The molecule has 2 atom stereocenters. The molecule has 1 fully saturated rings. The van der Waals surface area contributed by atoms with Crippen molar-refractivity contribution in [2.24, 2.45) is 0 Å². The van der Waals surface area contributed by atoms with Gasteiger partial charge in [0, 0.05) is 48.0 Å². The smallest absolute Gasteiger partial charge is 0.251 e. The lowest BCUT2D eigenvalue weighted by molar-refractivity contribution is 0.0946. The molecule has 2 unspecified atom stereocenters. The zero-order valence-corrected chi connectivity index (χ0v) is 19.5. The van der Waals surface area contributed by atoms with Crippen molar-refractivity contribution in [1.82, 2.24) is 19.6 Å². The molecule has 34 heavy (non-hydrogen) atoms. The number of carbonyl (C=O) groups excluding carboxylic acids is 1. The van der Waals surface area contributed by atoms with E-state index in [2.05, 4.69) is 38.3 Å². The maximum absolute atomic E-state index is 13.1. The van der Waals surface area contributed by atoms with Gasteiger partial charge < -0.3 is 10.4 Å². The topological polar surface area (TPSA) is 69.9 Å². The Kier molecular flexibility index (Phi) is 5.53. The molecule has 0 spiro atoms. The van der Waals surface area contributed by atoms with Crippen molar-refractivity contribution in [3.05, 3.63) is 89.2 Å². The van der Waals surface area contributed by atoms with Crippen LogP contribution in [0.5, 0.6) is 0 Å². The Balaban J connectivity index is 1.23. The summed E-state index contributed by atoms with van der Waals surface area (Å²) in [6.45, 7) is 2.44. The minimum atomic E-state index is -0.223. The molecule has 0 radical (unpaired) electrons. The van der Waals surface area contributed by atoms with Crippen LogP contribution in [-0.2, 0) is 6.54 Å². The number of nitrogens with zero attached hydrogens (tertiary/aromatic N) is 3. The highest BCUT2D eigenvalue weighted by atomic mass is 32.1. The highest BCUT2D eigenvalue weighted by molar-refractivity contribution is 7.15. The van der Waals surface area contributed by atoms with Gasteiger partial charge in [0.05, 0.1) is 17.8 Å². The summed E-state index contributed by atoms with van der Waals surface area (Å²) < 4.78 is 2.14. The second kappa shape index (κ2) is 8.83. The second-order valence-corrected chi connectivity index (χ2v) is 9.89. The van der Waals surface area contributed by atoms with Crippen LogP contribution in [0.4, 0.5) is 0 Å². The normalized spacial score (nSPS) is 20.8. The Morgan fingerprint density at radius 3 is 2.94 bits per heavy atom. The first kappa shape index (κ1) is 21.3. The molecule has 0 saturated carbocycles. The summed E-state index contributed by atoms with van der Waals surface area (Å²) in [5.74, 6) is -0.0775. The van der Waals surface area contributed by atoms with E-state index in [1.807, 2.05) is 48.5 Å². The van der Waals surface area contributed by atoms with Crippen LogP contribution in [0.25, 0.3) is 21.3 Å². The largest absolute Gasteiger partial charge is 0.392 e. The number of rotatable bonds is 5. The van der Waals surface area contributed by atoms with Crippen LogP contribution in [0, 0.1) is 0 Å². The van der Waals surface area contributed by atoms with Crippen molar-refractivity contribution >= 4 is 38.6 Å². The van der Waals surface area contributed by atoms with E-state index in [9.17, 15) is 9.90 Å². The number of aliphatic hydroxyl groups excluding tert-OH is 1. The first-order valence-electron chi connectivity index (χ1n) is 11.7. The molecule has 1 aliphatic carbocycles. The molecular weight excluding hydrogens is 444 g/mol. The standard InChI is InChI=1S/C27H26N4O2S/c32-22-11-12-30(15-22)14-21-17-34-27-29-25(16-31(21)27)23-7-3-4-8-24(23)28-26(33)20-10-9-18-5-1-2-6-19(18)13-20/h1-7,9-10,13,16-17,22,24,32H,8,11-12,14-15H2,(H,28,33). The lowest BCUT2D eigenvalue weighted by Crippen LogP contribution is -2.36. The molecule has 6 rings (SSSR count). The number of likely N-dealkylation sites (tertiary alicyclic amines) is 1. The van der Waals surface area contributed by atoms with Gasteiger partial charge in [-0.05, 0) is 35.7 Å². The monoisotopic (exact) mass is 470 g/mol. The van der Waals surface area contributed by atoms with Gasteiger partial charge in [-0.2, -0.15) is 0 Å². The van der Waals surface area contributed by atoms with E-state index in [0.717, 1.165) is 59.5 Å². The molecule has 4 aromatic rings. The van der Waals surface area contributed by atoms with E-state index in [0.29, 0.717) is 5.56 Å². The van der Waals surface area contributed by atoms with E-state index in [4.69, 9.17) is 4.98 Å². The number of hydrogen-bond acceptors (Lipinski definition) is 5. The van der Waals surface area contributed by atoms with Crippen LogP contribution >= 0.6 is 11.3 Å². The van der Waals surface area contributed by atoms with Gasteiger partial charge in [0.2, 0.25) is 0 Å². The van der Waals surface area contributed by atoms with Crippen LogP contribution in [-0.4, -0.2) is 50.5 Å². The lowest BCUT2D eigenvalue weighted by atomic mass is 9.96. The van der Waals surface area contributed by atoms with E-state index in [-0.39, 0.29) is 18.1 Å². The quantitative estimate of drug-likeness (QED) is 0.457. The van der Waals surface area contributed by atoms with Gasteiger partial charge in [-0.1, -0.05) is 48.6 Å². The molecule has 2 aliphatic rings. The third kappa shape index (κ3) is 4.07. The van der Waals surface area contributed by atoms with Gasteiger partial charge in [0.15, 0.2) is 4.96 Å². The van der Waals surface area contributed by atoms with Crippen molar-refractivity contribution < 1.29 is 9.90 Å². The fourth-order valence-electron chi connectivity index (χ4n) is 4.87. The number of fused-ring (bicyclic) bond motifs is 2. The number of aliphatic hydroxyl groups is 1. The van der Waals surface area contributed by atoms with Crippen molar-refractivity contribution in [2.45, 2.75) is 31.5 Å². The molecule has 172 valence electrons. The highest BCUT2D eigenvalue weighted by Crippen LogP contribution is 2.28. The lowest BCUT2D eigenvalue weighted by Gasteiger charge is -2.22. The number of aromatic nitrogens is 2. The Morgan fingerprint density at radius 2 is 2.09 bits per heavy atom. The Hall–Kier alpha value is -3.26. The van der Waals surface area contributed by atoms with Crippen LogP contribution < -0.4 is 5.32 Å². The zero-order chi connectivity index (χ0) is 23.1. The summed E-state index contributed by atoms with van der Waals surface area (Å²) >= 11 is 1.63. The fourth-order valence-corrected chi connectivity index (χ4v) is 5.73. The second-order valence-electron chi connectivity index (χ2n) is 9.06. The summed E-state index contributed by atoms with van der Waals surface area (Å²) in [5.41, 5.74) is 3.75. The van der Waals surface area contributed by atoms with Crippen LogP contribution in [0.2, 0.25) is 0 Å². The summed E-state index contributed by atoms with van der Waals surface area (Å²) in [6.07, 6.45) is 9.59. The van der Waals surface area contributed by atoms with Crippen molar-refractivity contribution in [1.29, 1.82) is 0 Å². The van der Waals surface area contributed by atoms with Crippen molar-refractivity contribution in [3.63, 3.8) is 0 Å². The predicted octanol–water partition coefficient (Wildman–Crippen LogP) is 4.26. The molecular formula is C27H26N4O2S. The van der Waals surface area contributed by atoms with Gasteiger partial charge >= 0.3 is 0 Å². The van der Waals surface area contributed by atoms with Crippen LogP contribution in [0.15, 0.2) is 72.3 Å². The number of allylic oxidation sites excluding steroid dienone is 2. The van der Waals surface area contributed by atoms with Crippen molar-refractivity contribution in [2.75, 3.05) is 13.1 Å². The average molecular weight is 471 g/mol. The Morgan fingerprint density at radius 1 is 1.21 bits per heavy atom. The number of carbonyl (C=O) groups is 1. The first-order valence-corrected chi connectivity index (χ1v) is 12.5. The van der Waals surface area contributed by atoms with Gasteiger partial charge in [-0.25, -0.2) is 4.98 Å². The van der Waals surface area contributed by atoms with Gasteiger partial charge in [-0.15, -0.1) is 11.3 Å². The fraction of sp³-hybridized carbons (Fsp3) is 0.259. The molecule has 2 aromatic heterocycles. The number of benzene rings is 2. The zero-order valence-electron chi connectivity index (χ0n) is 18.7. The summed E-state index contributed by atoms with van der Waals surface area (Å²) in [5, 5.41) is 17.4. The van der Waals surface area contributed by atoms with Crippen molar-refractivity contribution in [3.8, 4) is 0 Å². The SMILES string of the molecule is O=C(NC1CC=CC=C1c1cn2c(CN3CCC(O)C3)csc2n1)c1ccc2ccccc2c1. The number of β-amino-alcohol motifs (C(OH)–C–C–N with tert-alkyl or cyclic N) is 1. The van der Waals surface area contributed by atoms with E-state index >= 15 is 0 Å². The molecule has 6 nitrogen and oxygen atoms in total. The highest BCUT2D eigenvalue weighted by Gasteiger charge is 2.24. The third-order valence-electron chi connectivity index (χ3n) is 6.69. The Labute approximate surface area is 201 Å². The first-order chi connectivity index (χ1) is 16.6. The molecule has 2 aromatic carbocycles. The molecule has 1 amide bonds. The van der Waals surface area contributed by atoms with Gasteiger partial charge in [-0.3, -0.25) is 14.1 Å². The predicted molar refractivity (Wildman–Crippen MR) is 136 cm³/mol. The number of amides is 1. The summed E-state index contributed by atoms with van der Waals surface area (Å²) in [6, 6.07) is 13.8. The molecule has 2 N–H and O–H groups in total. The molecule has 0 bridgehead atoms.